The van der Waals surface area contributed by atoms with Gasteiger partial charge < -0.3 is 5.32 Å². The normalized spacial score (nSPS) is 22.7. The topological polar surface area (TPSA) is 12.0 Å². The van der Waals surface area contributed by atoms with E-state index in [1.165, 1.54) is 58.0 Å². The maximum Gasteiger partial charge on any atom is -0.00460 e. The lowest BCUT2D eigenvalue weighted by atomic mass is 10.1. The Balaban J connectivity index is 2.10. The molecule has 70 valence electrons. The predicted molar refractivity (Wildman–Crippen MR) is 54.3 cm³/mol. The van der Waals surface area contributed by atoms with Crippen molar-refractivity contribution in [1.82, 2.24) is 5.32 Å². The molecule has 1 nitrogen and oxygen atoms in total. The number of hydrogen-bond acceptors (Lipinski definition) is 1. The van der Waals surface area contributed by atoms with Gasteiger partial charge in [-0.15, -0.1) is 0 Å². The fraction of sp³-hybridized carbons (Fsp3) is 0.818. The Kier molecular flexibility index (Phi) is 6.00. The largest absolute Gasteiger partial charge is 0.317 e. The highest BCUT2D eigenvalue weighted by Crippen LogP contribution is 2.04. The quantitative estimate of drug-likeness (QED) is 0.547. The van der Waals surface area contributed by atoms with Crippen LogP contribution >= 0.6 is 0 Å². The highest BCUT2D eigenvalue weighted by molar-refractivity contribution is 4.81. The van der Waals surface area contributed by atoms with Crippen LogP contribution in [-0.2, 0) is 0 Å². The standard InChI is InChI=1S/C11H21N/c1-2-4-6-8-10-12-11-9-7-5-3-1/h2,4,12H,1,3,5-11H2. The maximum absolute atomic E-state index is 3.47. The van der Waals surface area contributed by atoms with Crippen molar-refractivity contribution in [3.63, 3.8) is 0 Å². The molecule has 0 atom stereocenters. The van der Waals surface area contributed by atoms with Crippen LogP contribution in [0.5, 0.6) is 0 Å². The second-order valence-corrected chi connectivity index (χ2v) is 3.57. The maximum atomic E-state index is 3.47. The fourth-order valence-corrected chi connectivity index (χ4v) is 1.57. The molecule has 1 aliphatic rings. The van der Waals surface area contributed by atoms with Gasteiger partial charge in [0.05, 0.1) is 0 Å². The van der Waals surface area contributed by atoms with Gasteiger partial charge in [0.25, 0.3) is 0 Å². The van der Waals surface area contributed by atoms with Crippen LogP contribution in [0.3, 0.4) is 0 Å². The Bertz CT molecular complexity index is 104. The van der Waals surface area contributed by atoms with Crippen LogP contribution < -0.4 is 5.32 Å². The molecule has 0 saturated carbocycles. The zero-order chi connectivity index (χ0) is 8.49. The van der Waals surface area contributed by atoms with Crippen molar-refractivity contribution in [2.75, 3.05) is 13.1 Å². The van der Waals surface area contributed by atoms with E-state index >= 15 is 0 Å². The number of allylic oxidation sites excluding steroid dienone is 2. The average Bonchev–Trinajstić information content (AvgIpc) is 2.05. The Morgan fingerprint density at radius 1 is 0.667 bits per heavy atom. The second kappa shape index (κ2) is 7.35. The first kappa shape index (κ1) is 9.79. The Hall–Kier alpha value is -0.300. The molecule has 1 heteroatoms. The average molecular weight is 167 g/mol. The van der Waals surface area contributed by atoms with E-state index in [0.29, 0.717) is 0 Å². The molecule has 0 amide bonds. The molecule has 0 bridgehead atoms. The minimum Gasteiger partial charge on any atom is -0.317 e. The van der Waals surface area contributed by atoms with Crippen LogP contribution in [0.1, 0.15) is 44.9 Å². The number of rotatable bonds is 0. The highest BCUT2D eigenvalue weighted by Gasteiger charge is 1.91. The smallest absolute Gasteiger partial charge is 0.00460 e. The van der Waals surface area contributed by atoms with Crippen molar-refractivity contribution >= 4 is 0 Å². The van der Waals surface area contributed by atoms with Crippen LogP contribution in [-0.4, -0.2) is 13.1 Å². The molecule has 1 aliphatic heterocycles. The van der Waals surface area contributed by atoms with Crippen LogP contribution in [0.15, 0.2) is 12.2 Å². The molecule has 1 heterocycles. The summed E-state index contributed by atoms with van der Waals surface area (Å²) in [7, 11) is 0. The van der Waals surface area contributed by atoms with Gasteiger partial charge in [0, 0.05) is 0 Å². The van der Waals surface area contributed by atoms with Crippen LogP contribution in [0.4, 0.5) is 0 Å². The van der Waals surface area contributed by atoms with Crippen molar-refractivity contribution in [2.45, 2.75) is 44.9 Å². The predicted octanol–water partition coefficient (Wildman–Crippen LogP) is 2.88. The number of nitrogens with one attached hydrogen (secondary N) is 1. The molecule has 0 spiro atoms. The van der Waals surface area contributed by atoms with Gasteiger partial charge in [-0.2, -0.15) is 0 Å². The molecular formula is C11H21N. The van der Waals surface area contributed by atoms with E-state index in [9.17, 15) is 0 Å². The summed E-state index contributed by atoms with van der Waals surface area (Å²) in [6.07, 6.45) is 14.1. The van der Waals surface area contributed by atoms with E-state index in [-0.39, 0.29) is 0 Å². The van der Waals surface area contributed by atoms with Crippen LogP contribution in [0, 0.1) is 0 Å². The first-order chi connectivity index (χ1) is 6.00. The second-order valence-electron chi connectivity index (χ2n) is 3.57. The Morgan fingerprint density at radius 3 is 2.25 bits per heavy atom. The molecule has 0 radical (unpaired) electrons. The Labute approximate surface area is 76.2 Å². The molecule has 1 N–H and O–H groups in total. The van der Waals surface area contributed by atoms with Gasteiger partial charge in [0.2, 0.25) is 0 Å². The van der Waals surface area contributed by atoms with E-state index in [2.05, 4.69) is 17.5 Å². The summed E-state index contributed by atoms with van der Waals surface area (Å²) in [5.74, 6) is 0. The first-order valence-corrected chi connectivity index (χ1v) is 5.36. The highest BCUT2D eigenvalue weighted by atomic mass is 14.8. The molecule has 1 rings (SSSR count). The lowest BCUT2D eigenvalue weighted by molar-refractivity contribution is 0.576. The molecule has 0 saturated heterocycles. The summed E-state index contributed by atoms with van der Waals surface area (Å²) in [5, 5.41) is 3.47. The van der Waals surface area contributed by atoms with E-state index in [1.807, 2.05) is 0 Å². The van der Waals surface area contributed by atoms with Gasteiger partial charge in [-0.05, 0) is 45.2 Å². The molecule has 0 aromatic heterocycles. The number of hydrogen-bond donors (Lipinski definition) is 1. The molecule has 0 unspecified atom stereocenters. The van der Waals surface area contributed by atoms with Gasteiger partial charge in [0.15, 0.2) is 0 Å². The SMILES string of the molecule is C1=CCCCNCCCCCC1. The third-order valence-corrected chi connectivity index (χ3v) is 2.37. The minimum atomic E-state index is 1.20. The van der Waals surface area contributed by atoms with Crippen LogP contribution in [0.2, 0.25) is 0 Å². The van der Waals surface area contributed by atoms with E-state index in [1.54, 1.807) is 0 Å². The van der Waals surface area contributed by atoms with E-state index in [0.717, 1.165) is 0 Å². The lowest BCUT2D eigenvalue weighted by Crippen LogP contribution is -2.16. The summed E-state index contributed by atoms with van der Waals surface area (Å²) in [5.41, 5.74) is 0. The van der Waals surface area contributed by atoms with Crippen LogP contribution in [0.25, 0.3) is 0 Å². The monoisotopic (exact) mass is 167 g/mol. The molecule has 0 fully saturated rings. The molecule has 0 aliphatic carbocycles. The van der Waals surface area contributed by atoms with Crippen molar-refractivity contribution in [1.29, 1.82) is 0 Å². The molecule has 0 aromatic rings. The molecule has 0 aromatic carbocycles. The summed E-state index contributed by atoms with van der Waals surface area (Å²) in [6, 6.07) is 0. The Morgan fingerprint density at radius 2 is 1.33 bits per heavy atom. The lowest BCUT2D eigenvalue weighted by Gasteiger charge is -2.04. The van der Waals surface area contributed by atoms with Gasteiger partial charge in [0.1, 0.15) is 0 Å². The summed E-state index contributed by atoms with van der Waals surface area (Å²) >= 11 is 0. The fourth-order valence-electron chi connectivity index (χ4n) is 1.57. The third kappa shape index (κ3) is 5.36. The summed E-state index contributed by atoms with van der Waals surface area (Å²) < 4.78 is 0. The zero-order valence-electron chi connectivity index (χ0n) is 8.02. The summed E-state index contributed by atoms with van der Waals surface area (Å²) in [6.45, 7) is 2.42. The van der Waals surface area contributed by atoms with Gasteiger partial charge in [-0.25, -0.2) is 0 Å². The zero-order valence-corrected chi connectivity index (χ0v) is 8.02. The summed E-state index contributed by atoms with van der Waals surface area (Å²) in [4.78, 5) is 0. The van der Waals surface area contributed by atoms with Crippen molar-refractivity contribution in [3.8, 4) is 0 Å². The third-order valence-electron chi connectivity index (χ3n) is 2.37. The van der Waals surface area contributed by atoms with Crippen molar-refractivity contribution in [3.05, 3.63) is 12.2 Å². The van der Waals surface area contributed by atoms with Gasteiger partial charge in [-0.1, -0.05) is 25.0 Å². The molecule has 12 heavy (non-hydrogen) atoms. The van der Waals surface area contributed by atoms with Gasteiger partial charge in [-0.3, -0.25) is 0 Å². The minimum absolute atomic E-state index is 1.20. The first-order valence-electron chi connectivity index (χ1n) is 5.36. The van der Waals surface area contributed by atoms with Crippen molar-refractivity contribution < 1.29 is 0 Å². The molecular weight excluding hydrogens is 146 g/mol. The van der Waals surface area contributed by atoms with Gasteiger partial charge >= 0.3 is 0 Å². The van der Waals surface area contributed by atoms with E-state index < -0.39 is 0 Å². The van der Waals surface area contributed by atoms with Crippen molar-refractivity contribution in [2.24, 2.45) is 0 Å². The van der Waals surface area contributed by atoms with E-state index in [4.69, 9.17) is 0 Å².